The van der Waals surface area contributed by atoms with Crippen LogP contribution in [0, 0.1) is 16.7 Å². The summed E-state index contributed by atoms with van der Waals surface area (Å²) < 4.78 is 21.3. The highest BCUT2D eigenvalue weighted by atomic mass is 35.5. The molecule has 0 aromatic heterocycles. The fourth-order valence-corrected chi connectivity index (χ4v) is 6.60. The van der Waals surface area contributed by atoms with Crippen molar-refractivity contribution in [1.29, 1.82) is 0 Å². The average Bonchev–Trinajstić information content (AvgIpc) is 2.40. The zero-order valence-electron chi connectivity index (χ0n) is 10.3. The topological polar surface area (TPSA) is 66.1 Å². The van der Waals surface area contributed by atoms with E-state index in [1.54, 1.807) is 6.92 Å². The number of hydrogen-bond donors (Lipinski definition) is 1. The van der Waals surface area contributed by atoms with Crippen LogP contribution < -0.4 is 5.73 Å². The van der Waals surface area contributed by atoms with E-state index in [0.717, 1.165) is 12.8 Å². The van der Waals surface area contributed by atoms with Crippen molar-refractivity contribution in [3.05, 3.63) is 0 Å². The average molecular weight is 299 g/mol. The molecule has 100 valence electrons. The number of halogens is 2. The van der Waals surface area contributed by atoms with Crippen molar-refractivity contribution in [3.63, 3.8) is 0 Å². The fourth-order valence-electron chi connectivity index (χ4n) is 4.26. The molecule has 3 nitrogen and oxygen atoms in total. The van der Waals surface area contributed by atoms with E-state index in [0.29, 0.717) is 0 Å². The molecule has 0 aromatic rings. The minimum Gasteiger partial charge on any atom is -0.772 e. The molecular formula is C11H18Cl2NO2S-. The Hall–Kier alpha value is 0.650. The summed E-state index contributed by atoms with van der Waals surface area (Å²) in [6.07, 6.45) is 1.61. The van der Waals surface area contributed by atoms with Crippen molar-refractivity contribution in [1.82, 2.24) is 0 Å². The molecule has 2 aliphatic carbocycles. The molecule has 0 aliphatic heterocycles. The van der Waals surface area contributed by atoms with E-state index in [1.165, 1.54) is 0 Å². The SMILES string of the molecule is CC1(C)C2CCC1(CS(=O)[O-])C(C)(N)C2(Cl)Cl. The molecule has 0 aromatic carbocycles. The summed E-state index contributed by atoms with van der Waals surface area (Å²) >= 11 is 10.8. The maximum absolute atomic E-state index is 11.2. The highest BCUT2D eigenvalue weighted by Crippen LogP contribution is 2.75. The zero-order chi connectivity index (χ0) is 13.3. The molecule has 17 heavy (non-hydrogen) atoms. The lowest BCUT2D eigenvalue weighted by atomic mass is 9.63. The second kappa shape index (κ2) is 3.60. The zero-order valence-corrected chi connectivity index (χ0v) is 12.6. The predicted octanol–water partition coefficient (Wildman–Crippen LogP) is 2.19. The largest absolute Gasteiger partial charge is 0.772 e. The van der Waals surface area contributed by atoms with Gasteiger partial charge in [0.15, 0.2) is 0 Å². The smallest absolute Gasteiger partial charge is 0.139 e. The van der Waals surface area contributed by atoms with Gasteiger partial charge >= 0.3 is 0 Å². The van der Waals surface area contributed by atoms with E-state index < -0.39 is 26.4 Å². The van der Waals surface area contributed by atoms with Gasteiger partial charge < -0.3 is 10.3 Å². The van der Waals surface area contributed by atoms with Gasteiger partial charge in [0.1, 0.15) is 4.33 Å². The number of fused-ring (bicyclic) bond motifs is 2. The fraction of sp³-hybridized carbons (Fsp3) is 1.00. The van der Waals surface area contributed by atoms with Crippen LogP contribution in [0.25, 0.3) is 0 Å². The van der Waals surface area contributed by atoms with Crippen LogP contribution in [0.4, 0.5) is 0 Å². The highest BCUT2D eigenvalue weighted by Gasteiger charge is 2.78. The molecule has 0 spiro atoms. The van der Waals surface area contributed by atoms with Crippen molar-refractivity contribution < 1.29 is 8.76 Å². The van der Waals surface area contributed by atoms with Crippen molar-refractivity contribution in [3.8, 4) is 0 Å². The third kappa shape index (κ3) is 1.39. The summed E-state index contributed by atoms with van der Waals surface area (Å²) in [5, 5.41) is 0. The Balaban J connectivity index is 2.59. The Morgan fingerprint density at radius 1 is 1.41 bits per heavy atom. The van der Waals surface area contributed by atoms with Gasteiger partial charge in [0.05, 0.1) is 5.54 Å². The predicted molar refractivity (Wildman–Crippen MR) is 69.8 cm³/mol. The molecule has 4 atom stereocenters. The monoisotopic (exact) mass is 298 g/mol. The molecule has 2 rings (SSSR count). The summed E-state index contributed by atoms with van der Waals surface area (Å²) in [4.78, 5) is 0. The minimum atomic E-state index is -2.14. The van der Waals surface area contributed by atoms with Crippen molar-refractivity contribution in [2.24, 2.45) is 22.5 Å². The van der Waals surface area contributed by atoms with Gasteiger partial charge in [-0.15, -0.1) is 0 Å². The van der Waals surface area contributed by atoms with E-state index in [2.05, 4.69) is 0 Å². The van der Waals surface area contributed by atoms with Crippen LogP contribution in [0.2, 0.25) is 0 Å². The van der Waals surface area contributed by atoms with Gasteiger partial charge in [0.25, 0.3) is 0 Å². The first-order chi connectivity index (χ1) is 7.51. The Kier molecular flexibility index (Phi) is 2.98. The summed E-state index contributed by atoms with van der Waals surface area (Å²) in [5.41, 5.74) is 4.66. The number of rotatable bonds is 2. The second-order valence-electron chi connectivity index (χ2n) is 6.17. The highest BCUT2D eigenvalue weighted by molar-refractivity contribution is 7.79. The van der Waals surface area contributed by atoms with Crippen LogP contribution in [-0.4, -0.2) is 24.4 Å². The van der Waals surface area contributed by atoms with Crippen molar-refractivity contribution in [2.75, 3.05) is 5.75 Å². The maximum atomic E-state index is 11.2. The minimum absolute atomic E-state index is 0.0324. The lowest BCUT2D eigenvalue weighted by Gasteiger charge is -2.50. The van der Waals surface area contributed by atoms with Crippen LogP contribution in [-0.2, 0) is 11.1 Å². The molecule has 0 radical (unpaired) electrons. The molecule has 0 amide bonds. The third-order valence-corrected chi connectivity index (χ3v) is 7.49. The van der Waals surface area contributed by atoms with Crippen LogP contribution in [0.5, 0.6) is 0 Å². The van der Waals surface area contributed by atoms with Gasteiger partial charge in [-0.3, -0.25) is 4.21 Å². The molecule has 2 aliphatic rings. The summed E-state index contributed by atoms with van der Waals surface area (Å²) in [6.45, 7) is 5.87. The molecule has 6 heteroatoms. The van der Waals surface area contributed by atoms with E-state index in [-0.39, 0.29) is 17.1 Å². The third-order valence-electron chi connectivity index (χ3n) is 5.45. The van der Waals surface area contributed by atoms with Gasteiger partial charge in [0, 0.05) is 11.2 Å². The summed E-state index contributed by atoms with van der Waals surface area (Å²) in [7, 11) is 0. The number of nitrogens with two attached hydrogens (primary N) is 1. The molecular weight excluding hydrogens is 281 g/mol. The normalized spacial score (nSPS) is 48.3. The molecule has 4 unspecified atom stereocenters. The van der Waals surface area contributed by atoms with E-state index in [4.69, 9.17) is 28.9 Å². The van der Waals surface area contributed by atoms with Crippen LogP contribution in [0.3, 0.4) is 0 Å². The molecule has 2 fully saturated rings. The lowest BCUT2D eigenvalue weighted by Crippen LogP contribution is -2.63. The summed E-state index contributed by atoms with van der Waals surface area (Å²) in [6, 6.07) is 0. The Labute approximate surface area is 115 Å². The van der Waals surface area contributed by atoms with Crippen LogP contribution >= 0.6 is 23.2 Å². The van der Waals surface area contributed by atoms with E-state index >= 15 is 0 Å². The first-order valence-corrected chi connectivity index (χ1v) is 7.73. The quantitative estimate of drug-likeness (QED) is 0.628. The van der Waals surface area contributed by atoms with Gasteiger partial charge in [0.2, 0.25) is 0 Å². The van der Waals surface area contributed by atoms with Crippen molar-refractivity contribution >= 4 is 34.3 Å². The van der Waals surface area contributed by atoms with Gasteiger partial charge in [-0.1, -0.05) is 48.1 Å². The van der Waals surface area contributed by atoms with Crippen molar-refractivity contribution in [2.45, 2.75) is 43.5 Å². The van der Waals surface area contributed by atoms with Gasteiger partial charge in [-0.25, -0.2) is 0 Å². The van der Waals surface area contributed by atoms with Crippen LogP contribution in [0.15, 0.2) is 0 Å². The number of hydrogen-bond acceptors (Lipinski definition) is 3. The van der Waals surface area contributed by atoms with E-state index in [9.17, 15) is 8.76 Å². The summed E-state index contributed by atoms with van der Waals surface area (Å²) in [5.74, 6) is 0.0712. The molecule has 2 N–H and O–H groups in total. The van der Waals surface area contributed by atoms with Crippen LogP contribution in [0.1, 0.15) is 33.6 Å². The molecule has 0 heterocycles. The Morgan fingerprint density at radius 2 is 1.94 bits per heavy atom. The Bertz CT molecular complexity index is 384. The Morgan fingerprint density at radius 3 is 2.29 bits per heavy atom. The lowest BCUT2D eigenvalue weighted by molar-refractivity contribution is 0.0911. The van der Waals surface area contributed by atoms with E-state index in [1.807, 2.05) is 13.8 Å². The maximum Gasteiger partial charge on any atom is 0.139 e. The van der Waals surface area contributed by atoms with Gasteiger partial charge in [-0.05, 0) is 31.1 Å². The second-order valence-corrected chi connectivity index (χ2v) is 8.45. The first-order valence-electron chi connectivity index (χ1n) is 5.73. The first kappa shape index (κ1) is 14.1. The molecule has 0 saturated heterocycles. The number of alkyl halides is 2. The molecule has 2 saturated carbocycles. The van der Waals surface area contributed by atoms with Gasteiger partial charge in [-0.2, -0.15) is 0 Å². The molecule has 2 bridgehead atoms. The standard InChI is InChI=1S/C11H19Cl2NO2S/c1-8(2)7-4-5-10(8,6-17(15)16)9(3,14)11(7,12)13/h7H,4-6,14H2,1-3H3,(H,15,16)/p-1.